The summed E-state index contributed by atoms with van der Waals surface area (Å²) in [6.45, 7) is 3.50. The lowest BCUT2D eigenvalue weighted by Gasteiger charge is -2.19. The molecule has 2 atom stereocenters. The van der Waals surface area contributed by atoms with Crippen LogP contribution in [0.3, 0.4) is 0 Å². The summed E-state index contributed by atoms with van der Waals surface area (Å²) in [6, 6.07) is 4.28. The Labute approximate surface area is 129 Å². The van der Waals surface area contributed by atoms with Gasteiger partial charge in [0, 0.05) is 0 Å². The quantitative estimate of drug-likeness (QED) is 0.782. The van der Waals surface area contributed by atoms with Gasteiger partial charge < -0.3 is 15.8 Å². The highest BCUT2D eigenvalue weighted by Crippen LogP contribution is 2.18. The number of rotatable bonds is 6. The summed E-state index contributed by atoms with van der Waals surface area (Å²) in [7, 11) is 0. The molecule has 1 aromatic rings. The van der Waals surface area contributed by atoms with Gasteiger partial charge in [-0.3, -0.25) is 9.59 Å². The van der Waals surface area contributed by atoms with Crippen LogP contribution >= 0.6 is 12.4 Å². The summed E-state index contributed by atoms with van der Waals surface area (Å²) in [4.78, 5) is 23.2. The Morgan fingerprint density at radius 1 is 1.33 bits per heavy atom. The number of carbonyl (C=O) groups excluding carboxylic acids is 2. The summed E-state index contributed by atoms with van der Waals surface area (Å²) in [5.41, 5.74) is 6.11. The Morgan fingerprint density at radius 2 is 1.90 bits per heavy atom. The molecule has 1 aromatic carbocycles. The number of nitrogens with one attached hydrogen (secondary N) is 1. The van der Waals surface area contributed by atoms with Gasteiger partial charge >= 0.3 is 5.97 Å². The van der Waals surface area contributed by atoms with Gasteiger partial charge in [-0.1, -0.05) is 12.1 Å². The third kappa shape index (κ3) is 6.55. The highest BCUT2D eigenvalue weighted by atomic mass is 35.5. The van der Waals surface area contributed by atoms with Gasteiger partial charge in [0.25, 0.3) is 0 Å². The molecule has 0 aliphatic heterocycles. The number of halogens is 2. The van der Waals surface area contributed by atoms with Gasteiger partial charge in [-0.05, 0) is 31.5 Å². The van der Waals surface area contributed by atoms with Crippen LogP contribution in [0.15, 0.2) is 24.3 Å². The maximum Gasteiger partial charge on any atom is 0.308 e. The Bertz CT molecular complexity index is 466. The van der Waals surface area contributed by atoms with Crippen molar-refractivity contribution in [3.8, 4) is 0 Å². The lowest BCUT2D eigenvalue weighted by molar-refractivity contribution is -0.143. The molecule has 0 aliphatic rings. The third-order valence-electron chi connectivity index (χ3n) is 2.68. The molecule has 0 radical (unpaired) electrons. The van der Waals surface area contributed by atoms with Crippen molar-refractivity contribution >= 4 is 24.3 Å². The number of esters is 1. The third-order valence-corrected chi connectivity index (χ3v) is 2.68. The van der Waals surface area contributed by atoms with E-state index in [1.165, 1.54) is 24.3 Å². The van der Waals surface area contributed by atoms with Crippen molar-refractivity contribution < 1.29 is 18.7 Å². The van der Waals surface area contributed by atoms with Gasteiger partial charge in [0.05, 0.1) is 25.1 Å². The smallest absolute Gasteiger partial charge is 0.308 e. The average molecular weight is 319 g/mol. The van der Waals surface area contributed by atoms with Crippen LogP contribution in [-0.4, -0.2) is 24.5 Å². The number of carbonyl (C=O) groups is 2. The van der Waals surface area contributed by atoms with Gasteiger partial charge in [0.2, 0.25) is 5.91 Å². The van der Waals surface area contributed by atoms with Crippen molar-refractivity contribution in [3.63, 3.8) is 0 Å². The van der Waals surface area contributed by atoms with E-state index in [4.69, 9.17) is 10.5 Å². The van der Waals surface area contributed by atoms with Crippen LogP contribution in [0.2, 0.25) is 0 Å². The van der Waals surface area contributed by atoms with Crippen molar-refractivity contribution in [2.75, 3.05) is 6.61 Å². The Morgan fingerprint density at radius 3 is 2.38 bits per heavy atom. The molecular formula is C14H20ClFN2O3. The topological polar surface area (TPSA) is 81.4 Å². The fourth-order valence-corrected chi connectivity index (χ4v) is 1.64. The summed E-state index contributed by atoms with van der Waals surface area (Å²) < 4.78 is 17.8. The standard InChI is InChI=1S/C14H19FN2O3.ClH/c1-3-20-13(18)8-12(17-14(19)9(2)16)10-4-6-11(15)7-5-10;/h4-7,9,12H,3,8,16H2,1-2H3,(H,17,19);1H/t9-,12?;/m0./s1. The molecule has 0 heterocycles. The maximum atomic E-state index is 12.9. The summed E-state index contributed by atoms with van der Waals surface area (Å²) in [5, 5.41) is 2.65. The predicted octanol–water partition coefficient (Wildman–Crippen LogP) is 1.71. The lowest BCUT2D eigenvalue weighted by Crippen LogP contribution is -2.41. The number of ether oxygens (including phenoxy) is 1. The van der Waals surface area contributed by atoms with E-state index in [1.54, 1.807) is 13.8 Å². The van der Waals surface area contributed by atoms with E-state index in [-0.39, 0.29) is 37.2 Å². The van der Waals surface area contributed by atoms with Crippen LogP contribution in [0, 0.1) is 5.82 Å². The molecule has 1 amide bonds. The molecule has 1 unspecified atom stereocenters. The molecule has 0 saturated carbocycles. The minimum atomic E-state index is -0.694. The molecule has 3 N–H and O–H groups in total. The van der Waals surface area contributed by atoms with Crippen LogP contribution in [0.25, 0.3) is 0 Å². The molecule has 0 bridgehead atoms. The van der Waals surface area contributed by atoms with E-state index in [0.29, 0.717) is 5.56 Å². The highest BCUT2D eigenvalue weighted by Gasteiger charge is 2.20. The molecule has 0 spiro atoms. The number of benzene rings is 1. The van der Waals surface area contributed by atoms with Gasteiger partial charge in [-0.2, -0.15) is 0 Å². The molecule has 0 fully saturated rings. The first-order valence-corrected chi connectivity index (χ1v) is 6.41. The van der Waals surface area contributed by atoms with Crippen LogP contribution in [0.4, 0.5) is 4.39 Å². The molecule has 21 heavy (non-hydrogen) atoms. The van der Waals surface area contributed by atoms with E-state index in [2.05, 4.69) is 5.32 Å². The molecule has 7 heteroatoms. The first-order valence-electron chi connectivity index (χ1n) is 6.41. The zero-order valence-electron chi connectivity index (χ0n) is 12.0. The fraction of sp³-hybridized carbons (Fsp3) is 0.429. The number of hydrogen-bond donors (Lipinski definition) is 2. The second kappa shape index (κ2) is 9.31. The predicted molar refractivity (Wildman–Crippen MR) is 79.4 cm³/mol. The van der Waals surface area contributed by atoms with Crippen LogP contribution in [-0.2, 0) is 14.3 Å². The van der Waals surface area contributed by atoms with Crippen molar-refractivity contribution in [1.82, 2.24) is 5.32 Å². The maximum absolute atomic E-state index is 12.9. The Balaban J connectivity index is 0.00000400. The van der Waals surface area contributed by atoms with E-state index < -0.39 is 18.1 Å². The lowest BCUT2D eigenvalue weighted by atomic mass is 10.0. The van der Waals surface area contributed by atoms with Crippen LogP contribution in [0.1, 0.15) is 31.9 Å². The molecule has 0 aliphatic carbocycles. The summed E-state index contributed by atoms with van der Waals surface area (Å²) in [5.74, 6) is -1.21. The second-order valence-electron chi connectivity index (χ2n) is 4.41. The summed E-state index contributed by atoms with van der Waals surface area (Å²) in [6.07, 6.45) is -0.0298. The van der Waals surface area contributed by atoms with Crippen LogP contribution < -0.4 is 11.1 Å². The normalized spacial score (nSPS) is 12.8. The second-order valence-corrected chi connectivity index (χ2v) is 4.41. The largest absolute Gasteiger partial charge is 0.466 e. The van der Waals surface area contributed by atoms with Gasteiger partial charge in [0.1, 0.15) is 5.82 Å². The van der Waals surface area contributed by atoms with Gasteiger partial charge in [0.15, 0.2) is 0 Å². The first kappa shape index (κ1) is 19.3. The van der Waals surface area contributed by atoms with Crippen molar-refractivity contribution in [3.05, 3.63) is 35.6 Å². The van der Waals surface area contributed by atoms with Crippen LogP contribution in [0.5, 0.6) is 0 Å². The number of amides is 1. The van der Waals surface area contributed by atoms with E-state index >= 15 is 0 Å². The molecule has 5 nitrogen and oxygen atoms in total. The van der Waals surface area contributed by atoms with E-state index in [9.17, 15) is 14.0 Å². The van der Waals surface area contributed by atoms with Crippen molar-refractivity contribution in [2.45, 2.75) is 32.4 Å². The Hall–Kier alpha value is -1.66. The molecular weight excluding hydrogens is 299 g/mol. The molecule has 0 saturated heterocycles. The SMILES string of the molecule is CCOC(=O)CC(NC(=O)[C@H](C)N)c1ccc(F)cc1.Cl. The molecule has 118 valence electrons. The number of nitrogens with two attached hydrogens (primary N) is 1. The van der Waals surface area contributed by atoms with Gasteiger partial charge in [-0.25, -0.2) is 4.39 Å². The average Bonchev–Trinajstić information content (AvgIpc) is 2.39. The first-order chi connectivity index (χ1) is 9.43. The van der Waals surface area contributed by atoms with Crippen molar-refractivity contribution in [2.24, 2.45) is 5.73 Å². The number of hydrogen-bond acceptors (Lipinski definition) is 4. The minimum absolute atomic E-state index is 0. The highest BCUT2D eigenvalue weighted by molar-refractivity contribution is 5.85. The van der Waals surface area contributed by atoms with E-state index in [0.717, 1.165) is 0 Å². The van der Waals surface area contributed by atoms with Crippen molar-refractivity contribution in [1.29, 1.82) is 0 Å². The Kier molecular flexibility index (Phi) is 8.57. The minimum Gasteiger partial charge on any atom is -0.466 e. The summed E-state index contributed by atoms with van der Waals surface area (Å²) >= 11 is 0. The zero-order chi connectivity index (χ0) is 15.1. The fourth-order valence-electron chi connectivity index (χ4n) is 1.64. The van der Waals surface area contributed by atoms with E-state index in [1.807, 2.05) is 0 Å². The molecule has 1 rings (SSSR count). The monoisotopic (exact) mass is 318 g/mol. The molecule has 0 aromatic heterocycles. The van der Waals surface area contributed by atoms with Gasteiger partial charge in [-0.15, -0.1) is 12.4 Å². The zero-order valence-corrected chi connectivity index (χ0v) is 12.8.